The van der Waals surface area contributed by atoms with Crippen molar-refractivity contribution in [3.05, 3.63) is 48.0 Å². The minimum Gasteiger partial charge on any atom is -0.491 e. The summed E-state index contributed by atoms with van der Waals surface area (Å²) >= 11 is 6.90. The molecule has 3 aliphatic carbocycles. The lowest BCUT2D eigenvalue weighted by Gasteiger charge is -2.33. The highest BCUT2D eigenvalue weighted by Crippen LogP contribution is 2.63. The molecule has 0 N–H and O–H groups in total. The zero-order chi connectivity index (χ0) is 26.9. The molecule has 3 aromatic heterocycles. The van der Waals surface area contributed by atoms with E-state index < -0.39 is 0 Å². The molecule has 2 fully saturated rings. The molecule has 5 unspecified atom stereocenters. The number of ketones is 2. The van der Waals surface area contributed by atoms with Crippen molar-refractivity contribution in [1.29, 1.82) is 0 Å². The van der Waals surface area contributed by atoms with E-state index in [-0.39, 0.29) is 41.3 Å². The molecule has 1 saturated carbocycles. The van der Waals surface area contributed by atoms with Crippen LogP contribution < -0.4 is 9.47 Å². The molecular weight excluding hydrogens is 585 g/mol. The molecule has 0 amide bonds. The fraction of sp³-hybridized carbons (Fsp3) is 0.467. The number of fused-ring (bicyclic) bond motifs is 8. The van der Waals surface area contributed by atoms with Crippen LogP contribution in [0, 0.1) is 25.7 Å². The molecule has 10 heteroatoms. The number of Topliss-reactive ketones (excluding diaryl/α,β-unsaturated/α-hetero) is 2. The van der Waals surface area contributed by atoms with E-state index in [4.69, 9.17) is 18.9 Å². The predicted octanol–water partition coefficient (Wildman–Crippen LogP) is 7.04. The van der Waals surface area contributed by atoms with E-state index in [1.54, 1.807) is 45.8 Å². The van der Waals surface area contributed by atoms with Crippen LogP contribution >= 0.6 is 45.8 Å². The van der Waals surface area contributed by atoms with Gasteiger partial charge in [0, 0.05) is 60.6 Å². The summed E-state index contributed by atoms with van der Waals surface area (Å²) in [5.74, 6) is 4.12. The van der Waals surface area contributed by atoms with E-state index in [1.165, 1.54) is 9.75 Å². The molecule has 206 valence electrons. The van der Waals surface area contributed by atoms with Gasteiger partial charge in [-0.3, -0.25) is 9.59 Å². The van der Waals surface area contributed by atoms with Crippen molar-refractivity contribution < 1.29 is 28.5 Å². The van der Waals surface area contributed by atoms with E-state index in [9.17, 15) is 9.59 Å². The van der Waals surface area contributed by atoms with Crippen LogP contribution in [0.3, 0.4) is 0 Å². The SMILES string of the molecule is Cc1c(C2=C3OCCOC3CS2)sc2c1C(=O)C1CC3c4sc(-c5scc6c5OCCO6)c(C)c4C(=O)C3CC21. The van der Waals surface area contributed by atoms with Gasteiger partial charge in [0.05, 0.1) is 21.3 Å². The summed E-state index contributed by atoms with van der Waals surface area (Å²) in [5.41, 5.74) is 3.96. The van der Waals surface area contributed by atoms with Crippen LogP contribution in [0.15, 0.2) is 11.1 Å². The smallest absolute Gasteiger partial charge is 0.180 e. The van der Waals surface area contributed by atoms with Crippen LogP contribution in [-0.4, -0.2) is 49.9 Å². The lowest BCUT2D eigenvalue weighted by atomic mass is 9.70. The minimum absolute atomic E-state index is 0.0194. The van der Waals surface area contributed by atoms with Crippen LogP contribution in [0.4, 0.5) is 0 Å². The maximum atomic E-state index is 14.0. The van der Waals surface area contributed by atoms with Crippen molar-refractivity contribution >= 4 is 62.2 Å². The first kappa shape index (κ1) is 24.5. The molecular formula is C30H26O6S4. The van der Waals surface area contributed by atoms with Crippen molar-refractivity contribution in [2.24, 2.45) is 11.8 Å². The van der Waals surface area contributed by atoms with E-state index in [0.29, 0.717) is 26.4 Å². The van der Waals surface area contributed by atoms with Gasteiger partial charge in [-0.25, -0.2) is 0 Å². The molecule has 9 rings (SSSR count). The second-order valence-electron chi connectivity index (χ2n) is 11.4. The number of rotatable bonds is 2. The third-order valence-electron chi connectivity index (χ3n) is 9.44. The lowest BCUT2D eigenvalue weighted by molar-refractivity contribution is -0.0282. The monoisotopic (exact) mass is 610 g/mol. The zero-order valence-corrected chi connectivity index (χ0v) is 25.3. The van der Waals surface area contributed by atoms with Gasteiger partial charge < -0.3 is 18.9 Å². The molecule has 5 atom stereocenters. The molecule has 3 aliphatic heterocycles. The van der Waals surface area contributed by atoms with Gasteiger partial charge in [0.25, 0.3) is 0 Å². The largest absolute Gasteiger partial charge is 0.491 e. The van der Waals surface area contributed by atoms with Crippen LogP contribution in [-0.2, 0) is 9.47 Å². The standard InChI is InChI=1S/C30H26O6S4/c1-11-19-21(31)13-7-16-14(8-15(13)27(19)39-25(11)29-23-17(9-37-29)33-3-5-35-23)22(32)20-12(2)26(40-28(16)20)30-24-18(10-38-30)34-4-6-36-24/h9,13-16,18H,3-8,10H2,1-2H3. The van der Waals surface area contributed by atoms with E-state index >= 15 is 0 Å². The Labute approximate surface area is 247 Å². The van der Waals surface area contributed by atoms with Crippen molar-refractivity contribution in [1.82, 2.24) is 0 Å². The van der Waals surface area contributed by atoms with Crippen LogP contribution in [0.5, 0.6) is 11.5 Å². The number of hydrogen-bond acceptors (Lipinski definition) is 10. The molecule has 6 heterocycles. The number of hydrogen-bond donors (Lipinski definition) is 0. The summed E-state index contributed by atoms with van der Waals surface area (Å²) in [7, 11) is 0. The summed E-state index contributed by atoms with van der Waals surface area (Å²) in [4.78, 5) is 34.8. The van der Waals surface area contributed by atoms with Gasteiger partial charge >= 0.3 is 0 Å². The molecule has 0 spiro atoms. The Hall–Kier alpha value is -2.11. The molecule has 3 aromatic rings. The van der Waals surface area contributed by atoms with E-state index in [1.807, 2.05) is 5.38 Å². The maximum Gasteiger partial charge on any atom is 0.180 e. The van der Waals surface area contributed by atoms with Gasteiger partial charge in [-0.1, -0.05) is 0 Å². The lowest BCUT2D eigenvalue weighted by Crippen LogP contribution is -2.30. The van der Waals surface area contributed by atoms with E-state index in [2.05, 4.69) is 13.8 Å². The zero-order valence-electron chi connectivity index (χ0n) is 22.0. The van der Waals surface area contributed by atoms with Gasteiger partial charge in [-0.15, -0.1) is 45.8 Å². The Kier molecular flexibility index (Phi) is 5.33. The predicted molar refractivity (Wildman–Crippen MR) is 158 cm³/mol. The van der Waals surface area contributed by atoms with Crippen molar-refractivity contribution in [2.45, 2.75) is 44.6 Å². The molecule has 6 aliphatic rings. The van der Waals surface area contributed by atoms with Gasteiger partial charge in [0.1, 0.15) is 31.7 Å². The van der Waals surface area contributed by atoms with Crippen LogP contribution in [0.2, 0.25) is 0 Å². The van der Waals surface area contributed by atoms with E-state index in [0.717, 1.165) is 77.6 Å². The average Bonchev–Trinajstić information content (AvgIpc) is 3.79. The number of thioether (sulfide) groups is 1. The molecule has 1 saturated heterocycles. The Morgan fingerprint density at radius 2 is 1.40 bits per heavy atom. The average molecular weight is 611 g/mol. The Morgan fingerprint density at radius 1 is 0.750 bits per heavy atom. The minimum atomic E-state index is -0.0426. The third kappa shape index (κ3) is 3.14. The van der Waals surface area contributed by atoms with Gasteiger partial charge in [-0.05, 0) is 37.8 Å². The van der Waals surface area contributed by atoms with Crippen LogP contribution in [0.1, 0.15) is 71.2 Å². The number of ether oxygens (including phenoxy) is 4. The first-order chi connectivity index (χ1) is 19.5. The quantitative estimate of drug-likeness (QED) is 0.308. The van der Waals surface area contributed by atoms with Gasteiger partial charge in [0.15, 0.2) is 23.1 Å². The highest BCUT2D eigenvalue weighted by atomic mass is 32.2. The Balaban J connectivity index is 1.06. The molecule has 40 heavy (non-hydrogen) atoms. The summed E-state index contributed by atoms with van der Waals surface area (Å²) in [6.07, 6.45) is 1.53. The van der Waals surface area contributed by atoms with Gasteiger partial charge in [-0.2, -0.15) is 0 Å². The fourth-order valence-corrected chi connectivity index (χ4v) is 13.2. The normalized spacial score (nSPS) is 29.7. The first-order valence-corrected chi connectivity index (χ1v) is 17.3. The number of thiophene rings is 3. The Morgan fingerprint density at radius 3 is 2.15 bits per heavy atom. The molecule has 6 nitrogen and oxygen atoms in total. The number of carbonyl (C=O) groups is 2. The summed E-state index contributed by atoms with van der Waals surface area (Å²) in [6.45, 7) is 6.49. The highest BCUT2D eigenvalue weighted by Gasteiger charge is 2.55. The van der Waals surface area contributed by atoms with Gasteiger partial charge in [0.2, 0.25) is 0 Å². The van der Waals surface area contributed by atoms with Crippen molar-refractivity contribution in [3.63, 3.8) is 0 Å². The van der Waals surface area contributed by atoms with Crippen LogP contribution in [0.25, 0.3) is 14.7 Å². The summed E-state index contributed by atoms with van der Waals surface area (Å²) < 4.78 is 23.7. The highest BCUT2D eigenvalue weighted by molar-refractivity contribution is 8.08. The van der Waals surface area contributed by atoms with Crippen molar-refractivity contribution in [2.75, 3.05) is 32.2 Å². The maximum absolute atomic E-state index is 14.0. The second-order valence-corrected chi connectivity index (χ2v) is 15.4. The summed E-state index contributed by atoms with van der Waals surface area (Å²) in [5, 5.41) is 2.00. The first-order valence-electron chi connectivity index (χ1n) is 13.9. The topological polar surface area (TPSA) is 71.1 Å². The number of carbonyl (C=O) groups excluding carboxylic acids is 2. The van der Waals surface area contributed by atoms with Crippen molar-refractivity contribution in [3.8, 4) is 21.3 Å². The Bertz CT molecular complexity index is 1670. The fourth-order valence-electron chi connectivity index (χ4n) is 7.65. The molecule has 0 bridgehead atoms. The molecule has 0 aromatic carbocycles. The summed E-state index contributed by atoms with van der Waals surface area (Å²) in [6, 6.07) is 0. The second kappa shape index (κ2) is 8.70. The third-order valence-corrected chi connectivity index (χ3v) is 14.7. The molecule has 0 radical (unpaired) electrons.